The van der Waals surface area contributed by atoms with Crippen LogP contribution in [-0.2, 0) is 28.6 Å². The molecule has 2 atom stereocenters. The summed E-state index contributed by atoms with van der Waals surface area (Å²) in [6.45, 7) is 5.53. The van der Waals surface area contributed by atoms with Gasteiger partial charge in [0.1, 0.15) is 0 Å². The minimum atomic E-state index is -3.23. The van der Waals surface area contributed by atoms with Crippen molar-refractivity contribution in [2.75, 3.05) is 53.9 Å². The number of nitrogens with zero attached hydrogens (tertiary/aromatic N) is 3. The van der Waals surface area contributed by atoms with E-state index < -0.39 is 10.0 Å². The first-order chi connectivity index (χ1) is 20.2. The van der Waals surface area contributed by atoms with E-state index >= 15 is 0 Å². The van der Waals surface area contributed by atoms with Crippen LogP contribution in [0.2, 0.25) is 0 Å². The van der Waals surface area contributed by atoms with Crippen LogP contribution < -0.4 is 4.72 Å². The van der Waals surface area contributed by atoms with Crippen molar-refractivity contribution in [1.29, 1.82) is 0 Å². The first kappa shape index (κ1) is 29.4. The van der Waals surface area contributed by atoms with Gasteiger partial charge in [-0.2, -0.15) is 0 Å². The highest BCUT2D eigenvalue weighted by Gasteiger charge is 2.43. The number of likely N-dealkylation sites (N-methyl/N-ethyl adjacent to an activating group) is 1. The number of fused-ring (bicyclic) bond motifs is 4. The van der Waals surface area contributed by atoms with Crippen LogP contribution in [0, 0.1) is 5.92 Å². The molecule has 5 aliphatic rings. The van der Waals surface area contributed by atoms with Crippen molar-refractivity contribution < 1.29 is 13.2 Å². The van der Waals surface area contributed by atoms with Crippen LogP contribution in [-0.4, -0.2) is 93.9 Å². The third kappa shape index (κ3) is 6.02. The molecule has 5 heterocycles. The second kappa shape index (κ2) is 12.1. The maximum Gasteiger partial charge on any atom is 0.254 e. The highest BCUT2D eigenvalue weighted by molar-refractivity contribution is 7.88. The van der Waals surface area contributed by atoms with Crippen molar-refractivity contribution >= 4 is 26.8 Å². The molecule has 226 valence electrons. The molecule has 2 bridgehead atoms. The molecule has 1 aromatic heterocycles. The lowest BCUT2D eigenvalue weighted by atomic mass is 9.75. The Labute approximate surface area is 250 Å². The molecule has 8 rings (SSSR count). The fourth-order valence-electron chi connectivity index (χ4n) is 7.57. The predicted molar refractivity (Wildman–Crippen MR) is 168 cm³/mol. The average molecular weight is 592 g/mol. The summed E-state index contributed by atoms with van der Waals surface area (Å²) in [7, 11) is 2.29. The number of rotatable bonds is 7. The summed E-state index contributed by atoms with van der Waals surface area (Å²) >= 11 is 0. The number of sulfonamides is 1. The maximum absolute atomic E-state index is 13.1. The van der Waals surface area contributed by atoms with Crippen LogP contribution in [0.1, 0.15) is 64.2 Å². The third-order valence-corrected chi connectivity index (χ3v) is 11.2. The summed E-state index contributed by atoms with van der Waals surface area (Å²) in [5, 5.41) is 1.11. The first-order valence-electron chi connectivity index (χ1n) is 15.5. The van der Waals surface area contributed by atoms with E-state index in [9.17, 15) is 13.2 Å². The van der Waals surface area contributed by atoms with Crippen LogP contribution in [0.3, 0.4) is 0 Å². The van der Waals surface area contributed by atoms with Crippen molar-refractivity contribution in [3.63, 3.8) is 0 Å². The molecular formula is C33H45N5O3S. The number of hydrogen-bond donors (Lipinski definition) is 2. The Morgan fingerprint density at radius 2 is 1.88 bits per heavy atom. The molecule has 8 nitrogen and oxygen atoms in total. The van der Waals surface area contributed by atoms with E-state index in [0.717, 1.165) is 60.4 Å². The zero-order chi connectivity index (χ0) is 29.4. The minimum absolute atomic E-state index is 0.0116. The van der Waals surface area contributed by atoms with Gasteiger partial charge >= 0.3 is 0 Å². The van der Waals surface area contributed by atoms with Gasteiger partial charge in [0, 0.05) is 54.3 Å². The Morgan fingerprint density at radius 3 is 2.60 bits per heavy atom. The van der Waals surface area contributed by atoms with E-state index in [2.05, 4.69) is 42.6 Å². The van der Waals surface area contributed by atoms with Gasteiger partial charge in [0.15, 0.2) is 0 Å². The number of aromatic amines is 1. The lowest BCUT2D eigenvalue weighted by Gasteiger charge is -2.51. The summed E-state index contributed by atoms with van der Waals surface area (Å²) in [6.07, 6.45) is 9.21. The smallest absolute Gasteiger partial charge is 0.254 e. The fourth-order valence-corrected chi connectivity index (χ4v) is 8.33. The van der Waals surface area contributed by atoms with E-state index in [4.69, 9.17) is 0 Å². The second-order valence-corrected chi connectivity index (χ2v) is 14.8. The number of carbonyl (C=O) groups is 1. The Hall–Kier alpha value is -2.72. The Kier molecular flexibility index (Phi) is 8.46. The van der Waals surface area contributed by atoms with Crippen LogP contribution in [0.5, 0.6) is 0 Å². The molecule has 0 unspecified atom stereocenters. The Balaban J connectivity index is 0.000000151. The van der Waals surface area contributed by atoms with Gasteiger partial charge in [-0.3, -0.25) is 4.79 Å². The number of hydrogen-bond acceptors (Lipinski definition) is 5. The molecule has 42 heavy (non-hydrogen) atoms. The normalized spacial score (nSPS) is 25.0. The lowest BCUT2D eigenvalue weighted by Crippen LogP contribution is -2.60. The highest BCUT2D eigenvalue weighted by atomic mass is 32.2. The summed E-state index contributed by atoms with van der Waals surface area (Å²) in [5.41, 5.74) is 6.93. The minimum Gasteiger partial charge on any atom is -0.361 e. The zero-order valence-electron chi connectivity index (χ0n) is 25.2. The molecule has 3 saturated heterocycles. The third-order valence-electron chi connectivity index (χ3n) is 9.86. The van der Waals surface area contributed by atoms with Gasteiger partial charge in [0.25, 0.3) is 5.91 Å². The largest absolute Gasteiger partial charge is 0.361 e. The molecule has 9 heteroatoms. The van der Waals surface area contributed by atoms with Crippen LogP contribution in [0.25, 0.3) is 10.9 Å². The number of benzene rings is 2. The summed E-state index contributed by atoms with van der Waals surface area (Å²) < 4.78 is 25.6. The Bertz CT molecular complexity index is 1540. The van der Waals surface area contributed by atoms with Crippen LogP contribution in [0.15, 0.2) is 42.6 Å². The van der Waals surface area contributed by atoms with Gasteiger partial charge in [-0.1, -0.05) is 18.2 Å². The van der Waals surface area contributed by atoms with Gasteiger partial charge in [-0.15, -0.1) is 0 Å². The molecule has 1 aliphatic carbocycles. The molecule has 2 aromatic carbocycles. The number of aryl methyl sites for hydroxylation is 1. The molecule has 3 fully saturated rings. The first-order valence-corrected chi connectivity index (χ1v) is 17.2. The van der Waals surface area contributed by atoms with Gasteiger partial charge in [0.05, 0.1) is 5.75 Å². The molecule has 0 saturated carbocycles. The summed E-state index contributed by atoms with van der Waals surface area (Å²) in [5.74, 6) is 1.65. The van der Waals surface area contributed by atoms with Crippen LogP contribution in [0.4, 0.5) is 0 Å². The topological polar surface area (TPSA) is 88.8 Å². The molecule has 2 N–H and O–H groups in total. The molecule has 3 aromatic rings. The van der Waals surface area contributed by atoms with E-state index in [1.165, 1.54) is 62.5 Å². The standard InChI is InChI=1S/C19H24N2O.C14H21N3O2S/c22-19-16-6-2-4-14-3-1-5-15(18(14)16)11-21(19)17-12-20-9-7-13(17)8-10-20;1-15-20(18,19)10-11-4-5-14-13(8-11)12(9-16-14)6-7-17(2)3/h2,4,6,13,15,17H,1,3,5,7-12H2;4-5,8-9,15-16H,6-7,10H2,1-3H3/t15-,17-;/m1./s1. The number of H-pyrrole nitrogens is 1. The quantitative estimate of drug-likeness (QED) is 0.434. The van der Waals surface area contributed by atoms with E-state index in [0.29, 0.717) is 17.9 Å². The van der Waals surface area contributed by atoms with Crippen molar-refractivity contribution in [2.45, 2.75) is 56.2 Å². The molecule has 0 spiro atoms. The van der Waals surface area contributed by atoms with Crippen molar-refractivity contribution in [1.82, 2.24) is 24.4 Å². The molecule has 1 amide bonds. The maximum atomic E-state index is 13.1. The molecule has 4 aliphatic heterocycles. The monoisotopic (exact) mass is 591 g/mol. The summed E-state index contributed by atoms with van der Waals surface area (Å²) in [4.78, 5) is 23.3. The second-order valence-electron chi connectivity index (χ2n) is 12.8. The highest BCUT2D eigenvalue weighted by Crippen LogP contribution is 2.41. The van der Waals surface area contributed by atoms with Gasteiger partial charge < -0.3 is 19.7 Å². The van der Waals surface area contributed by atoms with Crippen LogP contribution >= 0.6 is 0 Å². The number of carbonyl (C=O) groups excluding carboxylic acids is 1. The molecular weight excluding hydrogens is 546 g/mol. The van der Waals surface area contributed by atoms with Crippen molar-refractivity contribution in [3.05, 3.63) is 70.4 Å². The molecule has 0 radical (unpaired) electrons. The zero-order valence-corrected chi connectivity index (χ0v) is 26.0. The van der Waals surface area contributed by atoms with Gasteiger partial charge in [-0.25, -0.2) is 13.1 Å². The van der Waals surface area contributed by atoms with Crippen molar-refractivity contribution in [2.24, 2.45) is 5.92 Å². The van der Waals surface area contributed by atoms with E-state index in [1.807, 2.05) is 38.5 Å². The number of aromatic nitrogens is 1. The van der Waals surface area contributed by atoms with Crippen molar-refractivity contribution in [3.8, 4) is 0 Å². The number of nitrogens with one attached hydrogen (secondary N) is 2. The lowest BCUT2D eigenvalue weighted by molar-refractivity contribution is 0.00258. The predicted octanol–water partition coefficient (Wildman–Crippen LogP) is 3.98. The number of piperidine rings is 3. The summed E-state index contributed by atoms with van der Waals surface area (Å²) in [6, 6.07) is 12.6. The SMILES string of the molecule is CNS(=O)(=O)Cc1ccc2[nH]cc(CCN(C)C)c2c1.O=C1c2cccc3c2[C@H](CCC3)CN1[C@@H]1CN2CCC1CC2. The average Bonchev–Trinajstić information content (AvgIpc) is 3.40. The van der Waals surface area contributed by atoms with E-state index in [1.54, 1.807) is 0 Å². The fraction of sp³-hybridized carbons (Fsp3) is 0.545. The Morgan fingerprint density at radius 1 is 1.07 bits per heavy atom. The van der Waals surface area contributed by atoms with E-state index in [-0.39, 0.29) is 5.75 Å². The van der Waals surface area contributed by atoms with Gasteiger partial charge in [0.2, 0.25) is 10.0 Å². The number of amides is 1. The van der Waals surface area contributed by atoms with Gasteiger partial charge in [-0.05, 0) is 119 Å².